The Kier molecular flexibility index (Phi) is 2.82. The molecule has 1 rings (SSSR count). The smallest absolute Gasteiger partial charge is 0.123 e. The van der Waals surface area contributed by atoms with Crippen molar-refractivity contribution < 1.29 is 9.50 Å². The highest BCUT2D eigenvalue weighted by Gasteiger charge is 2.05. The highest BCUT2D eigenvalue weighted by atomic mass is 19.1. The van der Waals surface area contributed by atoms with E-state index in [1.807, 2.05) is 13.8 Å². The molecule has 0 bridgehead atoms. The SMILES string of the molecule is CC[C@H](O)c1cc(C)cc(F)c1. The molecule has 0 saturated carbocycles. The molecule has 0 spiro atoms. The summed E-state index contributed by atoms with van der Waals surface area (Å²) in [5.74, 6) is -0.280. The lowest BCUT2D eigenvalue weighted by Crippen LogP contribution is -1.96. The fraction of sp³-hybridized carbons (Fsp3) is 0.400. The summed E-state index contributed by atoms with van der Waals surface area (Å²) in [4.78, 5) is 0. The average molecular weight is 168 g/mol. The molecule has 0 unspecified atom stereocenters. The Morgan fingerprint density at radius 1 is 1.42 bits per heavy atom. The second kappa shape index (κ2) is 3.68. The molecule has 0 radical (unpaired) electrons. The molecular formula is C10H13FO. The van der Waals surface area contributed by atoms with E-state index in [0.717, 1.165) is 5.56 Å². The highest BCUT2D eigenvalue weighted by Crippen LogP contribution is 2.18. The molecular weight excluding hydrogens is 155 g/mol. The summed E-state index contributed by atoms with van der Waals surface area (Å²) in [5, 5.41) is 9.41. The second-order valence-corrected chi connectivity index (χ2v) is 2.99. The van der Waals surface area contributed by atoms with Crippen molar-refractivity contribution in [3.05, 3.63) is 35.1 Å². The van der Waals surface area contributed by atoms with Gasteiger partial charge in [0, 0.05) is 0 Å². The molecule has 1 nitrogen and oxygen atoms in total. The third kappa shape index (κ3) is 2.05. The Morgan fingerprint density at radius 2 is 2.08 bits per heavy atom. The summed E-state index contributed by atoms with van der Waals surface area (Å²) in [6.07, 6.45) is 0.0718. The second-order valence-electron chi connectivity index (χ2n) is 2.99. The molecule has 0 aliphatic heterocycles. The van der Waals surface area contributed by atoms with Gasteiger partial charge >= 0.3 is 0 Å². The Morgan fingerprint density at radius 3 is 2.58 bits per heavy atom. The molecule has 0 aliphatic rings. The van der Waals surface area contributed by atoms with Gasteiger partial charge in [0.05, 0.1) is 6.10 Å². The van der Waals surface area contributed by atoms with Gasteiger partial charge in [-0.2, -0.15) is 0 Å². The van der Waals surface area contributed by atoms with Crippen LogP contribution in [-0.4, -0.2) is 5.11 Å². The van der Waals surface area contributed by atoms with E-state index in [1.54, 1.807) is 6.07 Å². The minimum Gasteiger partial charge on any atom is -0.388 e. The zero-order chi connectivity index (χ0) is 9.14. The van der Waals surface area contributed by atoms with Gasteiger partial charge in [0.1, 0.15) is 5.82 Å². The molecule has 12 heavy (non-hydrogen) atoms. The van der Waals surface area contributed by atoms with E-state index in [0.29, 0.717) is 12.0 Å². The summed E-state index contributed by atoms with van der Waals surface area (Å²) < 4.78 is 12.8. The van der Waals surface area contributed by atoms with Gasteiger partial charge in [-0.05, 0) is 36.6 Å². The summed E-state index contributed by atoms with van der Waals surface area (Å²) in [6.45, 7) is 3.68. The van der Waals surface area contributed by atoms with Gasteiger partial charge in [-0.1, -0.05) is 13.0 Å². The van der Waals surface area contributed by atoms with Crippen LogP contribution >= 0.6 is 0 Å². The summed E-state index contributed by atoms with van der Waals surface area (Å²) >= 11 is 0. The van der Waals surface area contributed by atoms with Crippen molar-refractivity contribution in [2.75, 3.05) is 0 Å². The van der Waals surface area contributed by atoms with Crippen molar-refractivity contribution in [3.63, 3.8) is 0 Å². The molecule has 2 heteroatoms. The van der Waals surface area contributed by atoms with Gasteiger partial charge in [0.25, 0.3) is 0 Å². The van der Waals surface area contributed by atoms with Crippen LogP contribution in [0.2, 0.25) is 0 Å². The number of aryl methyl sites for hydroxylation is 1. The molecule has 1 atom stereocenters. The van der Waals surface area contributed by atoms with Crippen molar-refractivity contribution in [1.29, 1.82) is 0 Å². The first-order valence-corrected chi connectivity index (χ1v) is 4.08. The number of hydrogen-bond donors (Lipinski definition) is 1. The van der Waals surface area contributed by atoms with Crippen molar-refractivity contribution >= 4 is 0 Å². The first kappa shape index (κ1) is 9.20. The van der Waals surface area contributed by atoms with E-state index in [-0.39, 0.29) is 5.82 Å². The quantitative estimate of drug-likeness (QED) is 0.719. The summed E-state index contributed by atoms with van der Waals surface area (Å²) in [6, 6.07) is 4.63. The van der Waals surface area contributed by atoms with Crippen LogP contribution in [0.3, 0.4) is 0 Å². The zero-order valence-electron chi connectivity index (χ0n) is 7.34. The predicted molar refractivity (Wildman–Crippen MR) is 46.4 cm³/mol. The van der Waals surface area contributed by atoms with Crippen LogP contribution in [0.15, 0.2) is 18.2 Å². The van der Waals surface area contributed by atoms with E-state index in [9.17, 15) is 9.50 Å². The number of rotatable bonds is 2. The van der Waals surface area contributed by atoms with Crippen LogP contribution in [0.25, 0.3) is 0 Å². The van der Waals surface area contributed by atoms with E-state index in [2.05, 4.69) is 0 Å². The van der Waals surface area contributed by atoms with E-state index in [4.69, 9.17) is 0 Å². The van der Waals surface area contributed by atoms with Crippen LogP contribution in [-0.2, 0) is 0 Å². The van der Waals surface area contributed by atoms with Crippen LogP contribution < -0.4 is 0 Å². The topological polar surface area (TPSA) is 20.2 Å². The van der Waals surface area contributed by atoms with E-state index >= 15 is 0 Å². The maximum atomic E-state index is 12.8. The van der Waals surface area contributed by atoms with Crippen molar-refractivity contribution in [2.24, 2.45) is 0 Å². The minimum absolute atomic E-state index is 0.280. The standard InChI is InChI=1S/C10H13FO/c1-3-10(12)8-4-7(2)5-9(11)6-8/h4-6,10,12H,3H2,1-2H3/t10-/m0/s1. The van der Waals surface area contributed by atoms with Gasteiger partial charge in [-0.15, -0.1) is 0 Å². The third-order valence-corrected chi connectivity index (χ3v) is 1.84. The zero-order valence-corrected chi connectivity index (χ0v) is 7.34. The number of halogens is 1. The fourth-order valence-corrected chi connectivity index (χ4v) is 1.19. The largest absolute Gasteiger partial charge is 0.388 e. The normalized spacial score (nSPS) is 13.0. The van der Waals surface area contributed by atoms with Crippen LogP contribution in [0.4, 0.5) is 4.39 Å². The molecule has 0 fully saturated rings. The molecule has 0 saturated heterocycles. The van der Waals surface area contributed by atoms with Gasteiger partial charge in [-0.3, -0.25) is 0 Å². The van der Waals surface area contributed by atoms with Gasteiger partial charge < -0.3 is 5.11 Å². The lowest BCUT2D eigenvalue weighted by Gasteiger charge is -2.08. The maximum absolute atomic E-state index is 12.8. The molecule has 1 aromatic rings. The lowest BCUT2D eigenvalue weighted by atomic mass is 10.0. The van der Waals surface area contributed by atoms with Crippen molar-refractivity contribution in [1.82, 2.24) is 0 Å². The van der Waals surface area contributed by atoms with Gasteiger partial charge in [-0.25, -0.2) is 4.39 Å². The van der Waals surface area contributed by atoms with E-state index in [1.165, 1.54) is 12.1 Å². The number of aliphatic hydroxyl groups excluding tert-OH is 1. The Bertz CT molecular complexity index is 250. The predicted octanol–water partition coefficient (Wildman–Crippen LogP) is 2.58. The Balaban J connectivity index is 3.00. The lowest BCUT2D eigenvalue weighted by molar-refractivity contribution is 0.173. The minimum atomic E-state index is -0.542. The number of aliphatic hydroxyl groups is 1. The summed E-state index contributed by atoms with van der Waals surface area (Å²) in [7, 11) is 0. The first-order valence-electron chi connectivity index (χ1n) is 4.08. The van der Waals surface area contributed by atoms with Crippen molar-refractivity contribution in [2.45, 2.75) is 26.4 Å². The Labute approximate surface area is 71.9 Å². The third-order valence-electron chi connectivity index (χ3n) is 1.84. The monoisotopic (exact) mass is 168 g/mol. The molecule has 0 heterocycles. The molecule has 66 valence electrons. The van der Waals surface area contributed by atoms with E-state index < -0.39 is 6.10 Å². The Hall–Kier alpha value is -0.890. The van der Waals surface area contributed by atoms with Gasteiger partial charge in [0.2, 0.25) is 0 Å². The molecule has 0 aromatic heterocycles. The molecule has 1 N–H and O–H groups in total. The first-order chi connectivity index (χ1) is 5.63. The molecule has 1 aromatic carbocycles. The average Bonchev–Trinajstić information content (AvgIpc) is 2.01. The van der Waals surface area contributed by atoms with Gasteiger partial charge in [0.15, 0.2) is 0 Å². The molecule has 0 aliphatic carbocycles. The molecule has 0 amide bonds. The van der Waals surface area contributed by atoms with Crippen LogP contribution in [0.5, 0.6) is 0 Å². The van der Waals surface area contributed by atoms with Crippen molar-refractivity contribution in [3.8, 4) is 0 Å². The summed E-state index contributed by atoms with van der Waals surface area (Å²) in [5.41, 5.74) is 1.51. The van der Waals surface area contributed by atoms with Crippen LogP contribution in [0, 0.1) is 12.7 Å². The van der Waals surface area contributed by atoms with Crippen LogP contribution in [0.1, 0.15) is 30.6 Å². The number of benzene rings is 1. The fourth-order valence-electron chi connectivity index (χ4n) is 1.19. The highest BCUT2D eigenvalue weighted by molar-refractivity contribution is 5.25. The maximum Gasteiger partial charge on any atom is 0.123 e. The number of hydrogen-bond acceptors (Lipinski definition) is 1.